The van der Waals surface area contributed by atoms with E-state index in [1.54, 1.807) is 0 Å². The molecule has 2 unspecified atom stereocenters. The predicted octanol–water partition coefficient (Wildman–Crippen LogP) is 3.90. The first-order valence-corrected chi connectivity index (χ1v) is 9.24. The first kappa shape index (κ1) is 18.1. The molecule has 0 saturated carbocycles. The number of alkyl halides is 3. The number of likely N-dealkylation sites (tertiary alicyclic amines) is 1. The van der Waals surface area contributed by atoms with Gasteiger partial charge >= 0.3 is 5.51 Å². The molecule has 1 aliphatic rings. The fraction of sp³-hybridized carbons (Fsp3) is 0.600. The molecule has 0 aliphatic carbocycles. The Bertz CT molecular complexity index is 614. The van der Waals surface area contributed by atoms with Crippen molar-refractivity contribution in [2.45, 2.75) is 42.6 Å². The summed E-state index contributed by atoms with van der Waals surface area (Å²) in [6.07, 6.45) is 3.50. The van der Waals surface area contributed by atoms with Gasteiger partial charge in [-0.15, -0.1) is 0 Å². The number of hydrogen-bond acceptors (Lipinski definition) is 4. The van der Waals surface area contributed by atoms with E-state index >= 15 is 0 Å². The van der Waals surface area contributed by atoms with E-state index in [-0.39, 0.29) is 0 Å². The van der Waals surface area contributed by atoms with Crippen molar-refractivity contribution in [1.82, 2.24) is 4.90 Å². The molecule has 1 aromatic rings. The van der Waals surface area contributed by atoms with E-state index in [2.05, 4.69) is 17.1 Å². The van der Waals surface area contributed by atoms with E-state index in [9.17, 15) is 17.4 Å². The number of halogens is 3. The maximum atomic E-state index is 12.6. The number of piperidine rings is 1. The van der Waals surface area contributed by atoms with Gasteiger partial charge in [-0.3, -0.25) is 4.90 Å². The largest absolute Gasteiger partial charge is 0.483 e. The molecule has 0 aromatic heterocycles. The molecule has 0 radical (unpaired) electrons. The summed E-state index contributed by atoms with van der Waals surface area (Å²) in [6.45, 7) is 4.91. The van der Waals surface area contributed by atoms with E-state index < -0.39 is 20.1 Å². The summed E-state index contributed by atoms with van der Waals surface area (Å²) < 4.78 is 56.4. The molecule has 2 N–H and O–H groups in total. The minimum Gasteiger partial charge on any atom is -0.383 e. The van der Waals surface area contributed by atoms with Crippen LogP contribution in [-0.4, -0.2) is 40.3 Å². The molecule has 1 aromatic carbocycles. The molecule has 0 bridgehead atoms. The standard InChI is InChI=1S/C15H22F3N3OS/c1-2-21-10-4-3-5-13(21)11-20-12-6-8-14(9-7-12)23(19,22)15(16,17)18/h6-9,13,19-20H,2-5,10-11H2,1H3. The zero-order valence-corrected chi connectivity index (χ0v) is 13.8. The van der Waals surface area contributed by atoms with Gasteiger partial charge in [-0.2, -0.15) is 13.2 Å². The van der Waals surface area contributed by atoms with Crippen molar-refractivity contribution >= 4 is 15.4 Å². The molecule has 1 heterocycles. The van der Waals surface area contributed by atoms with E-state index in [0.717, 1.165) is 38.2 Å². The van der Waals surface area contributed by atoms with Crippen LogP contribution in [-0.2, 0) is 9.73 Å². The van der Waals surface area contributed by atoms with Gasteiger partial charge in [-0.05, 0) is 50.2 Å². The number of nitrogens with zero attached hydrogens (tertiary/aromatic N) is 1. The minimum absolute atomic E-state index is 0.420. The number of nitrogens with one attached hydrogen (secondary N) is 2. The molecule has 2 rings (SSSR count). The highest BCUT2D eigenvalue weighted by molar-refractivity contribution is 7.93. The summed E-state index contributed by atoms with van der Waals surface area (Å²) in [5.74, 6) is 0. The van der Waals surface area contributed by atoms with Crippen molar-refractivity contribution in [1.29, 1.82) is 4.78 Å². The van der Waals surface area contributed by atoms with Crippen molar-refractivity contribution in [2.24, 2.45) is 0 Å². The SMILES string of the molecule is CCN1CCCCC1CNc1ccc(S(=N)(=O)C(F)(F)F)cc1. The van der Waals surface area contributed by atoms with Crippen LogP contribution in [0.1, 0.15) is 26.2 Å². The Kier molecular flexibility index (Phi) is 5.57. The fourth-order valence-corrected chi connectivity index (χ4v) is 3.63. The molecular formula is C15H22F3N3OS. The number of rotatable bonds is 5. The van der Waals surface area contributed by atoms with Crippen LogP contribution in [0.3, 0.4) is 0 Å². The quantitative estimate of drug-likeness (QED) is 0.848. The summed E-state index contributed by atoms with van der Waals surface area (Å²) >= 11 is 0. The van der Waals surface area contributed by atoms with Gasteiger partial charge in [0.15, 0.2) is 9.73 Å². The van der Waals surface area contributed by atoms with Crippen molar-refractivity contribution in [3.05, 3.63) is 24.3 Å². The highest BCUT2D eigenvalue weighted by atomic mass is 32.2. The first-order chi connectivity index (χ1) is 10.8. The smallest absolute Gasteiger partial charge is 0.383 e. The lowest BCUT2D eigenvalue weighted by atomic mass is 10.0. The lowest BCUT2D eigenvalue weighted by molar-refractivity contribution is -0.0406. The third kappa shape index (κ3) is 4.17. The molecule has 0 amide bonds. The van der Waals surface area contributed by atoms with Gasteiger partial charge in [0.1, 0.15) is 0 Å². The van der Waals surface area contributed by atoms with Gasteiger partial charge < -0.3 is 5.32 Å². The molecule has 2 atom stereocenters. The average Bonchev–Trinajstić information content (AvgIpc) is 2.52. The van der Waals surface area contributed by atoms with Crippen LogP contribution in [0.5, 0.6) is 0 Å². The van der Waals surface area contributed by atoms with Crippen LogP contribution >= 0.6 is 0 Å². The van der Waals surface area contributed by atoms with Crippen molar-refractivity contribution in [2.75, 3.05) is 25.0 Å². The Labute approximate surface area is 135 Å². The van der Waals surface area contributed by atoms with E-state index in [1.807, 2.05) is 0 Å². The van der Waals surface area contributed by atoms with Crippen LogP contribution in [0.15, 0.2) is 29.2 Å². The van der Waals surface area contributed by atoms with E-state index in [4.69, 9.17) is 4.78 Å². The number of hydrogen-bond donors (Lipinski definition) is 2. The third-order valence-electron chi connectivity index (χ3n) is 4.21. The Morgan fingerprint density at radius 2 is 1.96 bits per heavy atom. The lowest BCUT2D eigenvalue weighted by Crippen LogP contribution is -2.43. The molecule has 4 nitrogen and oxygen atoms in total. The Hall–Kier alpha value is -1.28. The maximum absolute atomic E-state index is 12.6. The normalized spacial score (nSPS) is 22.5. The summed E-state index contributed by atoms with van der Waals surface area (Å²) in [5, 5.41) is 3.22. The molecule has 0 spiro atoms. The van der Waals surface area contributed by atoms with Crippen molar-refractivity contribution < 1.29 is 17.4 Å². The van der Waals surface area contributed by atoms with Gasteiger partial charge in [-0.1, -0.05) is 13.3 Å². The summed E-state index contributed by atoms with van der Waals surface area (Å²) in [5.41, 5.74) is -4.38. The second-order valence-electron chi connectivity index (χ2n) is 5.69. The molecule has 1 fully saturated rings. The predicted molar refractivity (Wildman–Crippen MR) is 85.0 cm³/mol. The highest BCUT2D eigenvalue weighted by Crippen LogP contribution is 2.31. The summed E-state index contributed by atoms with van der Waals surface area (Å²) in [7, 11) is -4.78. The zero-order valence-electron chi connectivity index (χ0n) is 13.0. The Morgan fingerprint density at radius 1 is 1.30 bits per heavy atom. The molecule has 8 heteroatoms. The van der Waals surface area contributed by atoms with Crippen molar-refractivity contribution in [3.63, 3.8) is 0 Å². The van der Waals surface area contributed by atoms with Crippen LogP contribution in [0.4, 0.5) is 18.9 Å². The van der Waals surface area contributed by atoms with Gasteiger partial charge in [-0.25, -0.2) is 8.99 Å². The van der Waals surface area contributed by atoms with Gasteiger partial charge in [0.05, 0.1) is 4.90 Å². The molecule has 1 aliphatic heterocycles. The van der Waals surface area contributed by atoms with Crippen LogP contribution < -0.4 is 5.32 Å². The maximum Gasteiger partial charge on any atom is 0.483 e. The minimum atomic E-state index is -5.05. The topological polar surface area (TPSA) is 56.2 Å². The molecule has 130 valence electrons. The third-order valence-corrected chi connectivity index (χ3v) is 5.80. The van der Waals surface area contributed by atoms with Gasteiger partial charge in [0.2, 0.25) is 0 Å². The van der Waals surface area contributed by atoms with E-state index in [0.29, 0.717) is 11.7 Å². The molecular weight excluding hydrogens is 327 g/mol. The fourth-order valence-electron chi connectivity index (χ4n) is 2.84. The van der Waals surface area contributed by atoms with Gasteiger partial charge in [0, 0.05) is 18.3 Å². The van der Waals surface area contributed by atoms with Crippen LogP contribution in [0, 0.1) is 4.78 Å². The van der Waals surface area contributed by atoms with Crippen LogP contribution in [0.2, 0.25) is 0 Å². The molecule has 23 heavy (non-hydrogen) atoms. The summed E-state index contributed by atoms with van der Waals surface area (Å²) in [6, 6.07) is 5.56. The van der Waals surface area contributed by atoms with Crippen molar-refractivity contribution in [3.8, 4) is 0 Å². The number of benzene rings is 1. The zero-order chi connectivity index (χ0) is 17.1. The second kappa shape index (κ2) is 7.09. The van der Waals surface area contributed by atoms with E-state index in [1.165, 1.54) is 25.0 Å². The van der Waals surface area contributed by atoms with Crippen LogP contribution in [0.25, 0.3) is 0 Å². The first-order valence-electron chi connectivity index (χ1n) is 7.69. The average molecular weight is 349 g/mol. The highest BCUT2D eigenvalue weighted by Gasteiger charge is 2.43. The summed E-state index contributed by atoms with van der Waals surface area (Å²) in [4.78, 5) is 1.88. The Morgan fingerprint density at radius 3 is 2.52 bits per heavy atom. The molecule has 1 saturated heterocycles. The van der Waals surface area contributed by atoms with Gasteiger partial charge in [0.25, 0.3) is 0 Å². The lowest BCUT2D eigenvalue weighted by Gasteiger charge is -2.35. The second-order valence-corrected chi connectivity index (χ2v) is 7.73. The number of anilines is 1. The Balaban J connectivity index is 2.01. The monoisotopic (exact) mass is 349 g/mol. The number of likely N-dealkylation sites (N-methyl/N-ethyl adjacent to an activating group) is 1.